The zero-order valence-electron chi connectivity index (χ0n) is 18.0. The third-order valence-corrected chi connectivity index (χ3v) is 4.49. The van der Waals surface area contributed by atoms with E-state index < -0.39 is 6.10 Å². The Morgan fingerprint density at radius 2 is 1.63 bits per heavy atom. The van der Waals surface area contributed by atoms with Gasteiger partial charge in [0.05, 0.1) is 0 Å². The van der Waals surface area contributed by atoms with E-state index in [-0.39, 0.29) is 11.9 Å². The third kappa shape index (κ3) is 5.56. The Balaban J connectivity index is 1.67. The summed E-state index contributed by atoms with van der Waals surface area (Å²) in [6, 6.07) is 17.0. The minimum absolute atomic E-state index is 0.242. The van der Waals surface area contributed by atoms with Gasteiger partial charge in [-0.1, -0.05) is 38.1 Å². The van der Waals surface area contributed by atoms with E-state index in [1.54, 1.807) is 31.2 Å². The fourth-order valence-corrected chi connectivity index (χ4v) is 3.03. The van der Waals surface area contributed by atoms with Gasteiger partial charge in [0.2, 0.25) is 0 Å². The number of para-hydroxylation sites is 1. The monoisotopic (exact) mass is 405 g/mol. The Morgan fingerprint density at radius 1 is 0.933 bits per heavy atom. The van der Waals surface area contributed by atoms with E-state index in [0.717, 1.165) is 22.7 Å². The van der Waals surface area contributed by atoms with Crippen LogP contribution in [-0.4, -0.2) is 22.0 Å². The van der Waals surface area contributed by atoms with Gasteiger partial charge in [-0.2, -0.15) is 0 Å². The lowest BCUT2D eigenvalue weighted by atomic mass is 10.0. The van der Waals surface area contributed by atoms with Crippen LogP contribution in [0.4, 0.5) is 5.69 Å². The number of nitrogens with one attached hydrogen (secondary N) is 1. The number of hydrogen-bond donors (Lipinski definition) is 1. The van der Waals surface area contributed by atoms with Crippen molar-refractivity contribution in [3.63, 3.8) is 0 Å². The van der Waals surface area contributed by atoms with Gasteiger partial charge in [0.1, 0.15) is 11.5 Å². The molecule has 0 saturated carbocycles. The maximum Gasteiger partial charge on any atom is 0.322 e. The lowest BCUT2D eigenvalue weighted by Crippen LogP contribution is -2.30. The van der Waals surface area contributed by atoms with Gasteiger partial charge in [-0.15, -0.1) is 0 Å². The van der Waals surface area contributed by atoms with Gasteiger partial charge in [0, 0.05) is 23.1 Å². The molecule has 1 unspecified atom stereocenters. The minimum Gasteiger partial charge on any atom is -0.481 e. The predicted molar refractivity (Wildman–Crippen MR) is 117 cm³/mol. The molecule has 30 heavy (non-hydrogen) atoms. The molecule has 6 nitrogen and oxygen atoms in total. The molecule has 1 atom stereocenters. The zero-order chi connectivity index (χ0) is 21.7. The molecule has 0 aliphatic carbocycles. The van der Waals surface area contributed by atoms with E-state index in [1.807, 2.05) is 44.2 Å². The molecule has 156 valence electrons. The summed E-state index contributed by atoms with van der Waals surface area (Å²) in [6.07, 6.45) is -0.655. The molecule has 0 bridgehead atoms. The van der Waals surface area contributed by atoms with Crippen molar-refractivity contribution < 1.29 is 14.3 Å². The van der Waals surface area contributed by atoms with Crippen molar-refractivity contribution in [2.24, 2.45) is 0 Å². The average Bonchev–Trinajstić information content (AvgIpc) is 2.67. The topological polar surface area (TPSA) is 73.3 Å². The molecular formula is C24H27N3O3. The maximum absolute atomic E-state index is 12.7. The smallest absolute Gasteiger partial charge is 0.322 e. The lowest BCUT2D eigenvalue weighted by molar-refractivity contribution is -0.122. The largest absolute Gasteiger partial charge is 0.481 e. The standard InChI is InChI=1S/C24H27N3O3/c1-15(2)21-11-6-7-12-22(21)29-18(5)23(28)27-19-9-8-10-20(14-19)30-24-25-16(3)13-17(4)26-24/h6-15,18H,1-5H3,(H,27,28). The van der Waals surface area contributed by atoms with Crippen LogP contribution in [0.5, 0.6) is 17.5 Å². The average molecular weight is 405 g/mol. The number of aryl methyl sites for hydroxylation is 2. The molecule has 3 aromatic rings. The van der Waals surface area contributed by atoms with Gasteiger partial charge >= 0.3 is 6.01 Å². The maximum atomic E-state index is 12.7. The molecule has 1 heterocycles. The van der Waals surface area contributed by atoms with Crippen LogP contribution in [0.1, 0.15) is 43.6 Å². The van der Waals surface area contributed by atoms with Gasteiger partial charge in [-0.05, 0) is 56.5 Å². The highest BCUT2D eigenvalue weighted by Gasteiger charge is 2.17. The van der Waals surface area contributed by atoms with Gasteiger partial charge in [0.25, 0.3) is 5.91 Å². The summed E-state index contributed by atoms with van der Waals surface area (Å²) in [4.78, 5) is 21.2. The highest BCUT2D eigenvalue weighted by atomic mass is 16.5. The van der Waals surface area contributed by atoms with E-state index in [9.17, 15) is 4.79 Å². The highest BCUT2D eigenvalue weighted by Crippen LogP contribution is 2.27. The number of nitrogens with zero attached hydrogens (tertiary/aromatic N) is 2. The molecule has 0 aliphatic rings. The van der Waals surface area contributed by atoms with Crippen LogP contribution in [0.15, 0.2) is 54.6 Å². The molecule has 2 aromatic carbocycles. The number of carbonyl (C=O) groups excluding carboxylic acids is 1. The Labute approximate surface area is 177 Å². The molecule has 1 N–H and O–H groups in total. The first-order chi connectivity index (χ1) is 14.3. The lowest BCUT2D eigenvalue weighted by Gasteiger charge is -2.19. The van der Waals surface area contributed by atoms with Crippen LogP contribution in [0.25, 0.3) is 0 Å². The molecule has 0 spiro atoms. The van der Waals surface area contributed by atoms with Crippen LogP contribution in [0, 0.1) is 13.8 Å². The van der Waals surface area contributed by atoms with E-state index in [1.165, 1.54) is 0 Å². The number of benzene rings is 2. The van der Waals surface area contributed by atoms with Gasteiger partial charge in [-0.3, -0.25) is 4.79 Å². The summed E-state index contributed by atoms with van der Waals surface area (Å²) in [5.74, 6) is 1.32. The summed E-state index contributed by atoms with van der Waals surface area (Å²) < 4.78 is 11.7. The van der Waals surface area contributed by atoms with Gasteiger partial charge in [0.15, 0.2) is 6.10 Å². The van der Waals surface area contributed by atoms with Crippen molar-refractivity contribution in [2.45, 2.75) is 46.6 Å². The number of rotatable bonds is 7. The normalized spacial score (nSPS) is 11.8. The number of amides is 1. The number of anilines is 1. The molecule has 6 heteroatoms. The molecule has 0 aliphatic heterocycles. The van der Waals surface area contributed by atoms with E-state index in [2.05, 4.69) is 29.1 Å². The van der Waals surface area contributed by atoms with Crippen molar-refractivity contribution in [1.29, 1.82) is 0 Å². The second-order valence-electron chi connectivity index (χ2n) is 7.51. The van der Waals surface area contributed by atoms with Crippen LogP contribution in [0.3, 0.4) is 0 Å². The molecular weight excluding hydrogens is 378 g/mol. The molecule has 0 radical (unpaired) electrons. The third-order valence-electron chi connectivity index (χ3n) is 4.49. The van der Waals surface area contributed by atoms with Crippen molar-refractivity contribution in [3.05, 3.63) is 71.5 Å². The number of carbonyl (C=O) groups is 1. The SMILES string of the molecule is Cc1cc(C)nc(Oc2cccc(NC(=O)C(C)Oc3ccccc3C(C)C)c2)n1. The van der Waals surface area contributed by atoms with Crippen LogP contribution in [-0.2, 0) is 4.79 Å². The summed E-state index contributed by atoms with van der Waals surface area (Å²) >= 11 is 0. The Morgan fingerprint density at radius 3 is 2.33 bits per heavy atom. The first-order valence-corrected chi connectivity index (χ1v) is 9.98. The summed E-state index contributed by atoms with van der Waals surface area (Å²) in [6.45, 7) is 9.69. The predicted octanol–water partition coefficient (Wildman–Crippen LogP) is 5.42. The fourth-order valence-electron chi connectivity index (χ4n) is 3.03. The summed E-state index contributed by atoms with van der Waals surface area (Å²) in [7, 11) is 0. The van der Waals surface area contributed by atoms with E-state index in [4.69, 9.17) is 9.47 Å². The first kappa shape index (κ1) is 21.3. The summed E-state index contributed by atoms with van der Waals surface area (Å²) in [5, 5.41) is 2.87. The van der Waals surface area contributed by atoms with Crippen LogP contribution in [0.2, 0.25) is 0 Å². The van der Waals surface area contributed by atoms with Crippen LogP contribution >= 0.6 is 0 Å². The minimum atomic E-state index is -0.655. The van der Waals surface area contributed by atoms with Crippen LogP contribution < -0.4 is 14.8 Å². The van der Waals surface area contributed by atoms with Gasteiger partial charge in [-0.25, -0.2) is 9.97 Å². The van der Waals surface area contributed by atoms with Crippen molar-refractivity contribution in [2.75, 3.05) is 5.32 Å². The molecule has 3 rings (SSSR count). The fraction of sp³-hybridized carbons (Fsp3) is 0.292. The number of ether oxygens (including phenoxy) is 2. The highest BCUT2D eigenvalue weighted by molar-refractivity contribution is 5.94. The van der Waals surface area contributed by atoms with E-state index >= 15 is 0 Å². The quantitative estimate of drug-likeness (QED) is 0.568. The van der Waals surface area contributed by atoms with Crippen molar-refractivity contribution in [1.82, 2.24) is 9.97 Å². The molecule has 0 saturated heterocycles. The van der Waals surface area contributed by atoms with E-state index in [0.29, 0.717) is 17.4 Å². The number of aromatic nitrogens is 2. The van der Waals surface area contributed by atoms with Gasteiger partial charge < -0.3 is 14.8 Å². The number of hydrogen-bond acceptors (Lipinski definition) is 5. The Hall–Kier alpha value is -3.41. The van der Waals surface area contributed by atoms with Crippen molar-refractivity contribution >= 4 is 11.6 Å². The molecule has 1 amide bonds. The molecule has 0 fully saturated rings. The Bertz CT molecular complexity index is 1010. The molecule has 1 aromatic heterocycles. The second-order valence-corrected chi connectivity index (χ2v) is 7.51. The van der Waals surface area contributed by atoms with Crippen molar-refractivity contribution in [3.8, 4) is 17.5 Å². The summed E-state index contributed by atoms with van der Waals surface area (Å²) in [5.41, 5.74) is 3.33. The first-order valence-electron chi connectivity index (χ1n) is 9.98. The second kappa shape index (κ2) is 9.39. The Kier molecular flexibility index (Phi) is 6.67. The zero-order valence-corrected chi connectivity index (χ0v) is 18.0.